The number of hydrazone groups is 1. The minimum absolute atomic E-state index is 0.184. The molecule has 1 amide bonds. The maximum absolute atomic E-state index is 12.8. The summed E-state index contributed by atoms with van der Waals surface area (Å²) in [6, 6.07) is 22.8. The molecule has 4 aromatic rings. The fourth-order valence-corrected chi connectivity index (χ4v) is 4.29. The monoisotopic (exact) mass is 588 g/mol. The molecule has 0 saturated carbocycles. The average Bonchev–Trinajstić information content (AvgIpc) is 2.80. The molecular weight excluding hydrogens is 574 g/mol. The van der Waals surface area contributed by atoms with Crippen LogP contribution in [0.4, 0.5) is 0 Å². The highest BCUT2D eigenvalue weighted by atomic mass is 127. The Labute approximate surface area is 213 Å². The second-order valence-electron chi connectivity index (χ2n) is 6.89. The summed E-state index contributed by atoms with van der Waals surface area (Å²) in [5.41, 5.74) is 3.76. The summed E-state index contributed by atoms with van der Waals surface area (Å²) in [5, 5.41) is 6.45. The summed E-state index contributed by atoms with van der Waals surface area (Å²) >= 11 is 14.2. The zero-order valence-corrected chi connectivity index (χ0v) is 20.6. The van der Waals surface area contributed by atoms with Gasteiger partial charge in [-0.1, -0.05) is 65.7 Å². The van der Waals surface area contributed by atoms with E-state index in [-0.39, 0.29) is 22.2 Å². The lowest BCUT2D eigenvalue weighted by Crippen LogP contribution is -2.19. The number of carbonyl (C=O) groups is 2. The number of fused-ring (bicyclic) bond motifs is 1. The first-order chi connectivity index (χ1) is 15.9. The van der Waals surface area contributed by atoms with Gasteiger partial charge in [0.15, 0.2) is 0 Å². The van der Waals surface area contributed by atoms with Crippen LogP contribution in [0.5, 0.6) is 5.75 Å². The van der Waals surface area contributed by atoms with Gasteiger partial charge < -0.3 is 4.74 Å². The van der Waals surface area contributed by atoms with E-state index in [4.69, 9.17) is 27.9 Å². The number of nitrogens with one attached hydrogen (secondary N) is 1. The number of hydrogen-bond donors (Lipinski definition) is 1. The van der Waals surface area contributed by atoms with Crippen LogP contribution in [0, 0.1) is 3.57 Å². The molecule has 33 heavy (non-hydrogen) atoms. The van der Waals surface area contributed by atoms with E-state index in [0.29, 0.717) is 16.1 Å². The van der Waals surface area contributed by atoms with Crippen molar-refractivity contribution < 1.29 is 14.3 Å². The number of rotatable bonds is 5. The molecule has 0 bridgehead atoms. The molecule has 5 nitrogen and oxygen atoms in total. The molecule has 0 unspecified atom stereocenters. The van der Waals surface area contributed by atoms with Crippen LogP contribution in [0.3, 0.4) is 0 Å². The molecule has 0 radical (unpaired) electrons. The summed E-state index contributed by atoms with van der Waals surface area (Å²) in [4.78, 5) is 25.3. The van der Waals surface area contributed by atoms with Gasteiger partial charge in [-0.25, -0.2) is 10.2 Å². The van der Waals surface area contributed by atoms with Gasteiger partial charge in [-0.3, -0.25) is 4.79 Å². The first-order valence-electron chi connectivity index (χ1n) is 9.71. The minimum atomic E-state index is -0.635. The van der Waals surface area contributed by atoms with Crippen molar-refractivity contribution in [3.8, 4) is 5.75 Å². The summed E-state index contributed by atoms with van der Waals surface area (Å²) in [7, 11) is 0. The maximum atomic E-state index is 12.8. The van der Waals surface area contributed by atoms with E-state index >= 15 is 0 Å². The lowest BCUT2D eigenvalue weighted by atomic mass is 10.0. The summed E-state index contributed by atoms with van der Waals surface area (Å²) in [5.74, 6) is -0.704. The van der Waals surface area contributed by atoms with E-state index in [9.17, 15) is 9.59 Å². The first kappa shape index (κ1) is 23.2. The van der Waals surface area contributed by atoms with Gasteiger partial charge in [0.05, 0.1) is 22.4 Å². The first-order valence-corrected chi connectivity index (χ1v) is 11.5. The summed E-state index contributed by atoms with van der Waals surface area (Å²) in [6.07, 6.45) is 1.46. The van der Waals surface area contributed by atoms with Crippen molar-refractivity contribution in [1.29, 1.82) is 0 Å². The zero-order valence-electron chi connectivity index (χ0n) is 16.9. The van der Waals surface area contributed by atoms with Crippen molar-refractivity contribution in [2.45, 2.75) is 0 Å². The Kier molecular flexibility index (Phi) is 7.27. The third-order valence-corrected chi connectivity index (χ3v) is 6.25. The number of ether oxygens (including phenoxy) is 1. The molecule has 164 valence electrons. The number of carbonyl (C=O) groups excluding carboxylic acids is 2. The lowest BCUT2D eigenvalue weighted by molar-refractivity contribution is 0.0734. The van der Waals surface area contributed by atoms with Gasteiger partial charge in [0.1, 0.15) is 5.75 Å². The molecule has 0 aliphatic heterocycles. The maximum Gasteiger partial charge on any atom is 0.345 e. The van der Waals surface area contributed by atoms with E-state index in [1.54, 1.807) is 24.3 Å². The largest absolute Gasteiger partial charge is 0.422 e. The molecule has 0 aromatic heterocycles. The topological polar surface area (TPSA) is 67.8 Å². The molecule has 0 saturated heterocycles. The molecule has 0 aliphatic rings. The number of amides is 1. The van der Waals surface area contributed by atoms with Crippen LogP contribution in [-0.2, 0) is 0 Å². The van der Waals surface area contributed by atoms with Crippen molar-refractivity contribution in [3.05, 3.63) is 109 Å². The number of halogens is 3. The molecule has 1 N–H and O–H groups in total. The normalized spacial score (nSPS) is 11.0. The molecule has 0 atom stereocenters. The highest BCUT2D eigenvalue weighted by Gasteiger charge is 2.16. The van der Waals surface area contributed by atoms with E-state index in [1.807, 2.05) is 42.5 Å². The highest BCUT2D eigenvalue weighted by Crippen LogP contribution is 2.29. The van der Waals surface area contributed by atoms with Crippen LogP contribution in [0.15, 0.2) is 84.0 Å². The van der Waals surface area contributed by atoms with Gasteiger partial charge in [-0.2, -0.15) is 5.10 Å². The van der Waals surface area contributed by atoms with Gasteiger partial charge in [-0.15, -0.1) is 0 Å². The van der Waals surface area contributed by atoms with E-state index in [0.717, 1.165) is 14.3 Å². The molecule has 0 fully saturated rings. The van der Waals surface area contributed by atoms with Gasteiger partial charge >= 0.3 is 5.97 Å². The standard InChI is InChI=1S/C25H15Cl2IN2O3/c26-16-10-11-18(21(27)13-16)25(32)33-23-12-9-15-5-1-2-6-17(15)20(23)14-29-30-24(31)19-7-3-4-8-22(19)28/h1-14H,(H,30,31). The van der Waals surface area contributed by atoms with Gasteiger partial charge in [0, 0.05) is 14.2 Å². The Hall–Kier alpha value is -2.94. The predicted octanol–water partition coefficient (Wildman–Crippen LogP) is 6.73. The van der Waals surface area contributed by atoms with Crippen molar-refractivity contribution in [3.63, 3.8) is 0 Å². The summed E-state index contributed by atoms with van der Waals surface area (Å²) < 4.78 is 6.46. The van der Waals surface area contributed by atoms with Gasteiger partial charge in [0.25, 0.3) is 5.91 Å². The second-order valence-corrected chi connectivity index (χ2v) is 8.90. The second kappa shape index (κ2) is 10.3. The quantitative estimate of drug-likeness (QED) is 0.0923. The van der Waals surface area contributed by atoms with Crippen molar-refractivity contribution in [1.82, 2.24) is 5.43 Å². The lowest BCUT2D eigenvalue weighted by Gasteiger charge is -2.11. The number of esters is 1. The van der Waals surface area contributed by atoms with E-state index < -0.39 is 5.97 Å². The van der Waals surface area contributed by atoms with Crippen molar-refractivity contribution in [2.24, 2.45) is 5.10 Å². The highest BCUT2D eigenvalue weighted by molar-refractivity contribution is 14.1. The minimum Gasteiger partial charge on any atom is -0.422 e. The predicted molar refractivity (Wildman–Crippen MR) is 140 cm³/mol. The number of nitrogens with zero attached hydrogens (tertiary/aromatic N) is 1. The van der Waals surface area contributed by atoms with Crippen LogP contribution in [-0.4, -0.2) is 18.1 Å². The number of hydrogen-bond acceptors (Lipinski definition) is 4. The average molecular weight is 589 g/mol. The SMILES string of the molecule is O=C(Oc1ccc2ccccc2c1C=NNC(=O)c1ccccc1I)c1ccc(Cl)cc1Cl. The van der Waals surface area contributed by atoms with E-state index in [1.165, 1.54) is 18.3 Å². The van der Waals surface area contributed by atoms with Crippen LogP contribution in [0.2, 0.25) is 10.0 Å². The molecule has 0 heterocycles. The van der Waals surface area contributed by atoms with Crippen molar-refractivity contribution in [2.75, 3.05) is 0 Å². The Morgan fingerprint density at radius 2 is 1.67 bits per heavy atom. The molecule has 8 heteroatoms. The third-order valence-electron chi connectivity index (χ3n) is 4.76. The van der Waals surface area contributed by atoms with Crippen molar-refractivity contribution >= 4 is 74.7 Å². The third kappa shape index (κ3) is 5.35. The Morgan fingerprint density at radius 1 is 0.909 bits per heavy atom. The molecule has 4 rings (SSSR count). The summed E-state index contributed by atoms with van der Waals surface area (Å²) in [6.45, 7) is 0. The Morgan fingerprint density at radius 3 is 2.45 bits per heavy atom. The fraction of sp³-hybridized carbons (Fsp3) is 0. The molecule has 4 aromatic carbocycles. The van der Waals surface area contributed by atoms with E-state index in [2.05, 4.69) is 33.1 Å². The molecule has 0 aliphatic carbocycles. The number of benzene rings is 4. The van der Waals surface area contributed by atoms with Crippen LogP contribution < -0.4 is 10.2 Å². The smallest absolute Gasteiger partial charge is 0.345 e. The molecule has 0 spiro atoms. The van der Waals surface area contributed by atoms with Gasteiger partial charge in [-0.05, 0) is 69.8 Å². The van der Waals surface area contributed by atoms with Crippen LogP contribution in [0.1, 0.15) is 26.3 Å². The zero-order chi connectivity index (χ0) is 23.4. The Bertz CT molecular complexity index is 1410. The molecular formula is C25H15Cl2IN2O3. The fourth-order valence-electron chi connectivity index (χ4n) is 3.17. The van der Waals surface area contributed by atoms with Crippen LogP contribution >= 0.6 is 45.8 Å². The van der Waals surface area contributed by atoms with Crippen LogP contribution in [0.25, 0.3) is 10.8 Å². The Balaban J connectivity index is 1.65. The van der Waals surface area contributed by atoms with Gasteiger partial charge in [0.2, 0.25) is 0 Å².